The second-order valence-electron chi connectivity index (χ2n) is 5.08. The number of rotatable bonds is 3. The molecule has 1 saturated heterocycles. The predicted octanol–water partition coefficient (Wildman–Crippen LogP) is 3.68. The lowest BCUT2D eigenvalue weighted by Gasteiger charge is -2.24. The van der Waals surface area contributed by atoms with E-state index in [1.165, 1.54) is 17.8 Å². The second-order valence-corrected chi connectivity index (χ2v) is 6.15. The van der Waals surface area contributed by atoms with Crippen molar-refractivity contribution in [1.29, 1.82) is 0 Å². The molecule has 3 rings (SSSR count). The van der Waals surface area contributed by atoms with E-state index >= 15 is 0 Å². The molecule has 6 heteroatoms. The molecule has 0 N–H and O–H groups in total. The Morgan fingerprint density at radius 3 is 2.73 bits per heavy atom. The summed E-state index contributed by atoms with van der Waals surface area (Å²) in [6, 6.07) is 14.2. The van der Waals surface area contributed by atoms with E-state index in [-0.39, 0.29) is 17.0 Å². The van der Waals surface area contributed by atoms with Crippen LogP contribution in [0.2, 0.25) is 0 Å². The lowest BCUT2D eigenvalue weighted by Crippen LogP contribution is -2.28. The fraction of sp³-hybridized carbons (Fsp3) is 0.188. The highest BCUT2D eigenvalue weighted by Gasteiger charge is 2.37. The van der Waals surface area contributed by atoms with Crippen LogP contribution in [0.3, 0.4) is 0 Å². The van der Waals surface area contributed by atoms with Crippen molar-refractivity contribution in [3.8, 4) is 0 Å². The van der Waals surface area contributed by atoms with Crippen LogP contribution in [0.15, 0.2) is 48.5 Å². The van der Waals surface area contributed by atoms with Crippen molar-refractivity contribution < 1.29 is 9.72 Å². The Bertz CT molecular complexity index is 748. The third kappa shape index (κ3) is 2.57. The van der Waals surface area contributed by atoms with Crippen LogP contribution in [0, 0.1) is 17.0 Å². The number of hydrogen-bond acceptors (Lipinski definition) is 4. The van der Waals surface area contributed by atoms with Gasteiger partial charge in [-0.15, -0.1) is 11.8 Å². The van der Waals surface area contributed by atoms with Gasteiger partial charge in [0.05, 0.1) is 16.2 Å². The van der Waals surface area contributed by atoms with Crippen molar-refractivity contribution in [1.82, 2.24) is 0 Å². The van der Waals surface area contributed by atoms with Gasteiger partial charge in [0.1, 0.15) is 5.37 Å². The summed E-state index contributed by atoms with van der Waals surface area (Å²) in [6.07, 6.45) is 0. The number of para-hydroxylation sites is 1. The van der Waals surface area contributed by atoms with Gasteiger partial charge in [-0.25, -0.2) is 0 Å². The average molecular weight is 314 g/mol. The summed E-state index contributed by atoms with van der Waals surface area (Å²) < 4.78 is 0. The summed E-state index contributed by atoms with van der Waals surface area (Å²) in [5, 5.41) is 10.9. The first-order chi connectivity index (χ1) is 10.6. The SMILES string of the molecule is Cc1cccc(N2C(=O)CSC2c2ccccc2[N+](=O)[O-])c1. The number of nitro groups is 1. The van der Waals surface area contributed by atoms with Crippen LogP contribution in [0.5, 0.6) is 0 Å². The first kappa shape index (κ1) is 14.6. The maximum atomic E-state index is 12.3. The van der Waals surface area contributed by atoms with E-state index in [2.05, 4.69) is 0 Å². The molecule has 0 saturated carbocycles. The topological polar surface area (TPSA) is 63.5 Å². The van der Waals surface area contributed by atoms with Crippen LogP contribution in [-0.2, 0) is 4.79 Å². The van der Waals surface area contributed by atoms with Gasteiger partial charge in [-0.3, -0.25) is 19.8 Å². The predicted molar refractivity (Wildman–Crippen MR) is 87.0 cm³/mol. The van der Waals surface area contributed by atoms with Crippen molar-refractivity contribution in [3.05, 3.63) is 69.8 Å². The van der Waals surface area contributed by atoms with Crippen molar-refractivity contribution >= 4 is 29.0 Å². The van der Waals surface area contributed by atoms with Crippen LogP contribution >= 0.6 is 11.8 Å². The molecule has 1 fully saturated rings. The van der Waals surface area contributed by atoms with Crippen LogP contribution in [0.1, 0.15) is 16.5 Å². The molecule has 22 heavy (non-hydrogen) atoms. The summed E-state index contributed by atoms with van der Waals surface area (Å²) >= 11 is 1.42. The van der Waals surface area contributed by atoms with Crippen LogP contribution in [-0.4, -0.2) is 16.6 Å². The van der Waals surface area contributed by atoms with Gasteiger partial charge >= 0.3 is 0 Å². The Kier molecular flexibility index (Phi) is 3.85. The number of thioether (sulfide) groups is 1. The molecule has 1 heterocycles. The van der Waals surface area contributed by atoms with Crippen molar-refractivity contribution in [2.45, 2.75) is 12.3 Å². The number of carbonyl (C=O) groups is 1. The highest BCUT2D eigenvalue weighted by Crippen LogP contribution is 2.44. The Labute approximate surface area is 132 Å². The van der Waals surface area contributed by atoms with Gasteiger partial charge in [-0.2, -0.15) is 0 Å². The number of benzene rings is 2. The summed E-state index contributed by atoms with van der Waals surface area (Å²) in [6.45, 7) is 1.96. The molecule has 1 amide bonds. The lowest BCUT2D eigenvalue weighted by atomic mass is 10.1. The first-order valence-corrected chi connectivity index (χ1v) is 7.86. The summed E-state index contributed by atoms with van der Waals surface area (Å²) in [5.41, 5.74) is 2.43. The van der Waals surface area contributed by atoms with Gasteiger partial charge in [-0.1, -0.05) is 24.3 Å². The van der Waals surface area contributed by atoms with E-state index in [0.29, 0.717) is 11.3 Å². The standard InChI is InChI=1S/C16H14N2O3S/c1-11-5-4-6-12(9-11)17-15(19)10-22-16(17)13-7-2-3-8-14(13)18(20)21/h2-9,16H,10H2,1H3. The van der Waals surface area contributed by atoms with Gasteiger partial charge in [0.2, 0.25) is 5.91 Å². The van der Waals surface area contributed by atoms with Gasteiger partial charge in [0.15, 0.2) is 0 Å². The smallest absolute Gasteiger partial charge is 0.275 e. The Balaban J connectivity index is 2.07. The molecule has 0 bridgehead atoms. The number of aryl methyl sites for hydroxylation is 1. The number of hydrogen-bond donors (Lipinski definition) is 0. The second kappa shape index (κ2) is 5.81. The largest absolute Gasteiger partial charge is 0.295 e. The quantitative estimate of drug-likeness (QED) is 0.640. The molecular formula is C16H14N2O3S. The number of nitro benzene ring substituents is 1. The van der Waals surface area contributed by atoms with E-state index in [4.69, 9.17) is 0 Å². The first-order valence-electron chi connectivity index (χ1n) is 6.81. The zero-order valence-electron chi connectivity index (χ0n) is 11.9. The maximum Gasteiger partial charge on any atom is 0.275 e. The van der Waals surface area contributed by atoms with E-state index in [1.54, 1.807) is 23.1 Å². The monoisotopic (exact) mass is 314 g/mol. The molecule has 1 unspecified atom stereocenters. The minimum absolute atomic E-state index is 0.0289. The van der Waals surface area contributed by atoms with Crippen molar-refractivity contribution in [2.75, 3.05) is 10.7 Å². The molecule has 2 aromatic rings. The zero-order chi connectivity index (χ0) is 15.7. The Hall–Kier alpha value is -2.34. The highest BCUT2D eigenvalue weighted by molar-refractivity contribution is 8.00. The molecule has 1 aliphatic rings. The minimum Gasteiger partial charge on any atom is -0.295 e. The van der Waals surface area contributed by atoms with E-state index in [0.717, 1.165) is 11.3 Å². The Morgan fingerprint density at radius 1 is 1.23 bits per heavy atom. The fourth-order valence-electron chi connectivity index (χ4n) is 2.57. The van der Waals surface area contributed by atoms with Gasteiger partial charge < -0.3 is 0 Å². The zero-order valence-corrected chi connectivity index (χ0v) is 12.7. The highest BCUT2D eigenvalue weighted by atomic mass is 32.2. The fourth-order valence-corrected chi connectivity index (χ4v) is 3.78. The number of carbonyl (C=O) groups excluding carboxylic acids is 1. The van der Waals surface area contributed by atoms with Crippen molar-refractivity contribution in [2.24, 2.45) is 0 Å². The molecule has 1 atom stereocenters. The normalized spacial score (nSPS) is 17.8. The number of amides is 1. The minimum atomic E-state index is -0.396. The van der Waals surface area contributed by atoms with E-state index < -0.39 is 4.92 Å². The van der Waals surface area contributed by atoms with Gasteiger partial charge in [0.25, 0.3) is 5.69 Å². The summed E-state index contributed by atoms with van der Waals surface area (Å²) in [7, 11) is 0. The summed E-state index contributed by atoms with van der Waals surface area (Å²) in [5.74, 6) is 0.295. The molecule has 0 aliphatic carbocycles. The van der Waals surface area contributed by atoms with Crippen LogP contribution < -0.4 is 4.90 Å². The molecular weight excluding hydrogens is 300 g/mol. The molecule has 5 nitrogen and oxygen atoms in total. The van der Waals surface area contributed by atoms with Gasteiger partial charge in [0, 0.05) is 11.8 Å². The number of nitrogens with zero attached hydrogens (tertiary/aromatic N) is 2. The molecule has 2 aromatic carbocycles. The average Bonchev–Trinajstić information content (AvgIpc) is 2.89. The third-order valence-corrected chi connectivity index (χ3v) is 4.74. The van der Waals surface area contributed by atoms with E-state index in [9.17, 15) is 14.9 Å². The lowest BCUT2D eigenvalue weighted by molar-refractivity contribution is -0.385. The van der Waals surface area contributed by atoms with Crippen LogP contribution in [0.4, 0.5) is 11.4 Å². The molecule has 1 aliphatic heterocycles. The van der Waals surface area contributed by atoms with Gasteiger partial charge in [-0.05, 0) is 30.7 Å². The maximum absolute atomic E-state index is 12.3. The van der Waals surface area contributed by atoms with E-state index in [1.807, 2.05) is 31.2 Å². The third-order valence-electron chi connectivity index (χ3n) is 3.55. The Morgan fingerprint density at radius 2 is 2.00 bits per heavy atom. The molecule has 0 spiro atoms. The molecule has 112 valence electrons. The molecule has 0 radical (unpaired) electrons. The summed E-state index contributed by atoms with van der Waals surface area (Å²) in [4.78, 5) is 24.8. The van der Waals surface area contributed by atoms with Crippen molar-refractivity contribution in [3.63, 3.8) is 0 Å². The van der Waals surface area contributed by atoms with Crippen LogP contribution in [0.25, 0.3) is 0 Å². The molecule has 0 aromatic heterocycles. The number of anilines is 1.